The molecule has 2 aromatic rings. The Bertz CT molecular complexity index is 727. The molecule has 3 rings (SSSR count). The van der Waals surface area contributed by atoms with Crippen LogP contribution < -0.4 is 5.32 Å². The van der Waals surface area contributed by atoms with Crippen molar-refractivity contribution in [3.63, 3.8) is 0 Å². The van der Waals surface area contributed by atoms with Crippen LogP contribution in [0.1, 0.15) is 17.4 Å². The lowest BCUT2D eigenvalue weighted by Crippen LogP contribution is -2.52. The quantitative estimate of drug-likeness (QED) is 0.622. The number of hydrogen-bond donors (Lipinski definition) is 2. The highest BCUT2D eigenvalue weighted by Gasteiger charge is 2.19. The third kappa shape index (κ3) is 4.95. The number of hydrogen-bond acceptors (Lipinski definition) is 4. The van der Waals surface area contributed by atoms with Crippen molar-refractivity contribution in [2.75, 3.05) is 32.7 Å². The lowest BCUT2D eigenvalue weighted by Gasteiger charge is -2.36. The number of phenols is 1. The van der Waals surface area contributed by atoms with Gasteiger partial charge in [-0.25, -0.2) is 9.38 Å². The highest BCUT2D eigenvalue weighted by Crippen LogP contribution is 2.17. The minimum Gasteiger partial charge on any atom is -0.505 e. The Morgan fingerprint density at radius 1 is 1.27 bits per heavy atom. The van der Waals surface area contributed by atoms with Gasteiger partial charge in [0.2, 0.25) is 0 Å². The van der Waals surface area contributed by atoms with Gasteiger partial charge in [0.1, 0.15) is 0 Å². The van der Waals surface area contributed by atoms with E-state index < -0.39 is 5.82 Å². The van der Waals surface area contributed by atoms with Crippen LogP contribution in [0.5, 0.6) is 5.75 Å². The Morgan fingerprint density at radius 2 is 2.08 bits per heavy atom. The smallest absolute Gasteiger partial charge is 0.194 e. The largest absolute Gasteiger partial charge is 0.505 e. The SMILES string of the molecule is CCNC(=NCc1ccc(O)c(F)c1)N1CCN(Cc2cccs2)CC1. The molecule has 1 saturated heterocycles. The maximum absolute atomic E-state index is 13.5. The molecule has 0 amide bonds. The first-order valence-corrected chi connectivity index (χ1v) is 9.79. The van der Waals surface area contributed by atoms with Gasteiger partial charge in [-0.3, -0.25) is 4.90 Å². The molecule has 0 radical (unpaired) electrons. The zero-order chi connectivity index (χ0) is 18.4. The number of thiophene rings is 1. The molecule has 5 nitrogen and oxygen atoms in total. The number of aliphatic imine (C=N–C) groups is 1. The first-order valence-electron chi connectivity index (χ1n) is 8.91. The molecule has 0 spiro atoms. The third-order valence-corrected chi connectivity index (χ3v) is 5.25. The summed E-state index contributed by atoms with van der Waals surface area (Å²) in [6, 6.07) is 8.68. The van der Waals surface area contributed by atoms with Crippen LogP contribution in [-0.2, 0) is 13.1 Å². The van der Waals surface area contributed by atoms with Gasteiger partial charge in [0.25, 0.3) is 0 Å². The summed E-state index contributed by atoms with van der Waals surface area (Å²) in [4.78, 5) is 10.8. The zero-order valence-electron chi connectivity index (χ0n) is 15.0. The van der Waals surface area contributed by atoms with Crippen LogP contribution in [0.25, 0.3) is 0 Å². The first kappa shape index (κ1) is 18.7. The van der Waals surface area contributed by atoms with Gasteiger partial charge in [0.05, 0.1) is 6.54 Å². The van der Waals surface area contributed by atoms with Gasteiger partial charge in [0, 0.05) is 44.1 Å². The van der Waals surface area contributed by atoms with E-state index in [4.69, 9.17) is 0 Å². The van der Waals surface area contributed by atoms with Gasteiger partial charge in [-0.15, -0.1) is 11.3 Å². The third-order valence-electron chi connectivity index (χ3n) is 4.39. The average Bonchev–Trinajstić information content (AvgIpc) is 3.15. The lowest BCUT2D eigenvalue weighted by atomic mass is 10.2. The van der Waals surface area contributed by atoms with E-state index in [1.807, 2.05) is 6.92 Å². The van der Waals surface area contributed by atoms with Crippen LogP contribution in [0, 0.1) is 5.82 Å². The summed E-state index contributed by atoms with van der Waals surface area (Å²) in [5.74, 6) is -0.0758. The molecule has 1 aliphatic heterocycles. The van der Waals surface area contributed by atoms with E-state index >= 15 is 0 Å². The number of halogens is 1. The number of aromatic hydroxyl groups is 1. The van der Waals surface area contributed by atoms with Crippen molar-refractivity contribution in [3.05, 3.63) is 52.0 Å². The Hall–Kier alpha value is -2.12. The summed E-state index contributed by atoms with van der Waals surface area (Å²) in [5.41, 5.74) is 0.743. The monoisotopic (exact) mass is 376 g/mol. The van der Waals surface area contributed by atoms with Gasteiger partial charge in [0.15, 0.2) is 17.5 Å². The van der Waals surface area contributed by atoms with Gasteiger partial charge in [-0.2, -0.15) is 0 Å². The summed E-state index contributed by atoms with van der Waals surface area (Å²) < 4.78 is 13.5. The molecule has 0 atom stereocenters. The number of nitrogens with zero attached hydrogens (tertiary/aromatic N) is 3. The van der Waals surface area contributed by atoms with Crippen LogP contribution in [0.3, 0.4) is 0 Å². The van der Waals surface area contributed by atoms with E-state index in [0.717, 1.165) is 50.8 Å². The summed E-state index contributed by atoms with van der Waals surface area (Å²) >= 11 is 1.80. The Balaban J connectivity index is 1.58. The molecule has 2 heterocycles. The fraction of sp³-hybridized carbons (Fsp3) is 0.421. The normalized spacial score (nSPS) is 16.1. The number of guanidine groups is 1. The zero-order valence-corrected chi connectivity index (χ0v) is 15.8. The Morgan fingerprint density at radius 3 is 2.73 bits per heavy atom. The Kier molecular flexibility index (Phi) is 6.46. The molecule has 1 aliphatic rings. The molecule has 7 heteroatoms. The van der Waals surface area contributed by atoms with Gasteiger partial charge < -0.3 is 15.3 Å². The molecule has 26 heavy (non-hydrogen) atoms. The van der Waals surface area contributed by atoms with Gasteiger partial charge >= 0.3 is 0 Å². The number of phenolic OH excluding ortho intramolecular Hbond substituents is 1. The Labute approximate surface area is 157 Å². The number of rotatable bonds is 5. The van der Waals surface area contributed by atoms with Gasteiger partial charge in [-0.05, 0) is 36.1 Å². The standard InChI is InChI=1S/C19H25FN4OS/c1-2-21-19(22-13-15-5-6-18(25)17(20)12-15)24-9-7-23(8-10-24)14-16-4-3-11-26-16/h3-6,11-12,25H,2,7-10,13-14H2,1H3,(H,21,22). The fourth-order valence-electron chi connectivity index (χ4n) is 2.98. The predicted octanol–water partition coefficient (Wildman–Crippen LogP) is 2.88. The van der Waals surface area contributed by atoms with E-state index in [-0.39, 0.29) is 5.75 Å². The molecule has 1 fully saturated rings. The summed E-state index contributed by atoms with van der Waals surface area (Å²) in [6.07, 6.45) is 0. The fourth-order valence-corrected chi connectivity index (χ4v) is 3.73. The van der Waals surface area contributed by atoms with Crippen molar-refractivity contribution in [1.82, 2.24) is 15.1 Å². The van der Waals surface area contributed by atoms with Gasteiger partial charge in [-0.1, -0.05) is 12.1 Å². The van der Waals surface area contributed by atoms with Crippen molar-refractivity contribution in [1.29, 1.82) is 0 Å². The minimum absolute atomic E-state index is 0.327. The van der Waals surface area contributed by atoms with Crippen LogP contribution in [-0.4, -0.2) is 53.6 Å². The summed E-state index contributed by atoms with van der Waals surface area (Å²) in [5, 5.41) is 14.7. The van der Waals surface area contributed by atoms with Crippen LogP contribution in [0.4, 0.5) is 4.39 Å². The van der Waals surface area contributed by atoms with Crippen molar-refractivity contribution >= 4 is 17.3 Å². The van der Waals surface area contributed by atoms with E-state index in [1.54, 1.807) is 17.4 Å². The van der Waals surface area contributed by atoms with E-state index in [0.29, 0.717) is 6.54 Å². The molecule has 1 aromatic heterocycles. The van der Waals surface area contributed by atoms with Crippen LogP contribution in [0.15, 0.2) is 40.7 Å². The average molecular weight is 377 g/mol. The minimum atomic E-state index is -0.607. The first-order chi connectivity index (χ1) is 12.7. The number of nitrogens with one attached hydrogen (secondary N) is 1. The highest BCUT2D eigenvalue weighted by molar-refractivity contribution is 7.09. The highest BCUT2D eigenvalue weighted by atomic mass is 32.1. The van der Waals surface area contributed by atoms with Crippen molar-refractivity contribution in [2.45, 2.75) is 20.0 Å². The maximum Gasteiger partial charge on any atom is 0.194 e. The molecule has 1 aromatic carbocycles. The number of benzene rings is 1. The summed E-state index contributed by atoms with van der Waals surface area (Å²) in [7, 11) is 0. The van der Waals surface area contributed by atoms with Crippen molar-refractivity contribution < 1.29 is 9.50 Å². The second-order valence-electron chi connectivity index (χ2n) is 6.30. The summed E-state index contributed by atoms with van der Waals surface area (Å²) in [6.45, 7) is 8.05. The molecule has 0 bridgehead atoms. The molecular formula is C19H25FN4OS. The second kappa shape index (κ2) is 9.00. The van der Waals surface area contributed by atoms with Crippen LogP contribution >= 0.6 is 11.3 Å². The van der Waals surface area contributed by atoms with Crippen molar-refractivity contribution in [2.24, 2.45) is 4.99 Å². The van der Waals surface area contributed by atoms with E-state index in [2.05, 4.69) is 37.6 Å². The van der Waals surface area contributed by atoms with E-state index in [1.165, 1.54) is 17.0 Å². The number of piperazine rings is 1. The van der Waals surface area contributed by atoms with Crippen molar-refractivity contribution in [3.8, 4) is 5.75 Å². The molecule has 0 aliphatic carbocycles. The molecule has 2 N–H and O–H groups in total. The predicted molar refractivity (Wildman–Crippen MR) is 104 cm³/mol. The second-order valence-corrected chi connectivity index (χ2v) is 7.33. The molecule has 0 saturated carbocycles. The molecular weight excluding hydrogens is 351 g/mol. The maximum atomic E-state index is 13.5. The molecule has 0 unspecified atom stereocenters. The topological polar surface area (TPSA) is 51.1 Å². The lowest BCUT2D eigenvalue weighted by molar-refractivity contribution is 0.173. The molecule has 140 valence electrons. The van der Waals surface area contributed by atoms with Crippen LogP contribution in [0.2, 0.25) is 0 Å². The van der Waals surface area contributed by atoms with E-state index in [9.17, 15) is 9.50 Å².